The smallest absolute Gasteiger partial charge is 0.433 e. The van der Waals surface area contributed by atoms with Crippen molar-refractivity contribution in [2.45, 2.75) is 59.0 Å². The van der Waals surface area contributed by atoms with Gasteiger partial charge >= 0.3 is 12.4 Å². The van der Waals surface area contributed by atoms with Crippen LogP contribution in [0.1, 0.15) is 51.8 Å². The van der Waals surface area contributed by atoms with Gasteiger partial charge in [-0.25, -0.2) is 4.98 Å². The Balaban J connectivity index is 2.47. The highest BCUT2D eigenvalue weighted by Crippen LogP contribution is 2.51. The molecule has 1 fully saturated rings. The van der Waals surface area contributed by atoms with E-state index in [4.69, 9.17) is 4.74 Å². The minimum Gasteiger partial charge on any atom is -0.513 e. The van der Waals surface area contributed by atoms with Crippen molar-refractivity contribution in [3.8, 4) is 5.88 Å². The molecule has 1 saturated carbocycles. The van der Waals surface area contributed by atoms with E-state index in [1.807, 2.05) is 0 Å². The van der Waals surface area contributed by atoms with Crippen molar-refractivity contribution in [1.29, 1.82) is 0 Å². The lowest BCUT2D eigenvalue weighted by atomic mass is 9.59. The lowest BCUT2D eigenvalue weighted by molar-refractivity contribution is -0.146. The summed E-state index contributed by atoms with van der Waals surface area (Å²) in [5, 5.41) is 9.77. The monoisotopic (exact) mass is 411 g/mol. The van der Waals surface area contributed by atoms with E-state index in [0.29, 0.717) is 18.9 Å². The van der Waals surface area contributed by atoms with Gasteiger partial charge in [-0.1, -0.05) is 34.3 Å². The zero-order valence-electron chi connectivity index (χ0n) is 16.0. The third-order valence-electron chi connectivity index (χ3n) is 5.09. The quantitative estimate of drug-likeness (QED) is 0.462. The Morgan fingerprint density at radius 1 is 1.04 bits per heavy atom. The fourth-order valence-corrected chi connectivity index (χ4v) is 4.16. The summed E-state index contributed by atoms with van der Waals surface area (Å²) in [6.07, 6.45) is -9.91. The zero-order chi connectivity index (χ0) is 21.7. The summed E-state index contributed by atoms with van der Waals surface area (Å²) in [6.45, 7) is 10.7. The second-order valence-electron chi connectivity index (χ2n) is 8.65. The number of halogens is 6. The maximum absolute atomic E-state index is 13.1. The summed E-state index contributed by atoms with van der Waals surface area (Å²) in [5.41, 5.74) is -4.46. The molecule has 158 valence electrons. The van der Waals surface area contributed by atoms with E-state index >= 15 is 0 Å². The Morgan fingerprint density at radius 2 is 1.54 bits per heavy atom. The molecule has 0 bridgehead atoms. The van der Waals surface area contributed by atoms with E-state index in [1.54, 1.807) is 27.7 Å². The molecule has 0 saturated heterocycles. The van der Waals surface area contributed by atoms with E-state index in [-0.39, 0.29) is 17.7 Å². The molecule has 1 aromatic heterocycles. The van der Waals surface area contributed by atoms with Crippen LogP contribution < -0.4 is 4.74 Å². The van der Waals surface area contributed by atoms with Gasteiger partial charge in [-0.3, -0.25) is 0 Å². The standard InChI is InChI=1S/C19H23F6NO2/c1-10(27)11-8-16(2,3)15(17(4,5)9-11)28-14-7-12(18(20,21)22)6-13(26-14)19(23,24)25/h6-7,11,15,27H,1,8-9H2,2-5H3. The van der Waals surface area contributed by atoms with E-state index in [1.165, 1.54) is 0 Å². The van der Waals surface area contributed by atoms with Gasteiger partial charge in [0, 0.05) is 22.8 Å². The predicted octanol–water partition coefficient (Wildman–Crippen LogP) is 6.40. The first-order valence-corrected chi connectivity index (χ1v) is 8.64. The maximum Gasteiger partial charge on any atom is 0.433 e. The Kier molecular flexibility index (Phi) is 5.46. The highest BCUT2D eigenvalue weighted by Gasteiger charge is 2.50. The number of alkyl halides is 6. The molecule has 0 unspecified atom stereocenters. The van der Waals surface area contributed by atoms with Gasteiger partial charge in [0.15, 0.2) is 0 Å². The summed E-state index contributed by atoms with van der Waals surface area (Å²) in [5.74, 6) is -0.976. The Labute approximate surface area is 159 Å². The molecule has 1 aromatic rings. The normalized spacial score (nSPS) is 24.6. The van der Waals surface area contributed by atoms with Crippen molar-refractivity contribution >= 4 is 0 Å². The average molecular weight is 411 g/mol. The Morgan fingerprint density at radius 3 is 1.93 bits per heavy atom. The van der Waals surface area contributed by atoms with Crippen molar-refractivity contribution in [3.05, 3.63) is 35.7 Å². The highest BCUT2D eigenvalue weighted by molar-refractivity contribution is 5.29. The van der Waals surface area contributed by atoms with Crippen LogP contribution in [-0.4, -0.2) is 16.2 Å². The van der Waals surface area contributed by atoms with Crippen molar-refractivity contribution in [3.63, 3.8) is 0 Å². The van der Waals surface area contributed by atoms with Crippen LogP contribution in [0, 0.1) is 16.7 Å². The van der Waals surface area contributed by atoms with Crippen molar-refractivity contribution in [2.24, 2.45) is 16.7 Å². The Bertz CT molecular complexity index is 702. The minimum absolute atomic E-state index is 0.00356. The number of aliphatic hydroxyl groups is 1. The molecule has 1 heterocycles. The summed E-state index contributed by atoms with van der Waals surface area (Å²) in [6, 6.07) is 0.453. The number of allylic oxidation sites excluding steroid dienone is 1. The van der Waals surface area contributed by atoms with E-state index < -0.39 is 46.4 Å². The number of aliphatic hydroxyl groups excluding tert-OH is 1. The molecule has 2 rings (SSSR count). The number of ether oxygens (including phenoxy) is 1. The molecule has 9 heteroatoms. The van der Waals surface area contributed by atoms with Crippen molar-refractivity contribution in [1.82, 2.24) is 4.98 Å². The van der Waals surface area contributed by atoms with Crippen LogP contribution in [0.2, 0.25) is 0 Å². The summed E-state index contributed by atoms with van der Waals surface area (Å²) < 4.78 is 84.0. The van der Waals surface area contributed by atoms with Gasteiger partial charge in [-0.05, 0) is 18.9 Å². The molecule has 0 aromatic carbocycles. The molecule has 0 amide bonds. The van der Waals surface area contributed by atoms with Gasteiger partial charge in [-0.2, -0.15) is 26.3 Å². The second-order valence-corrected chi connectivity index (χ2v) is 8.65. The van der Waals surface area contributed by atoms with Gasteiger partial charge in [-0.15, -0.1) is 0 Å². The predicted molar refractivity (Wildman–Crippen MR) is 90.7 cm³/mol. The van der Waals surface area contributed by atoms with Crippen molar-refractivity contribution < 1.29 is 36.2 Å². The third-order valence-corrected chi connectivity index (χ3v) is 5.09. The molecule has 28 heavy (non-hydrogen) atoms. The first kappa shape index (κ1) is 22.4. The third kappa shape index (κ3) is 4.72. The van der Waals surface area contributed by atoms with Gasteiger partial charge in [0.2, 0.25) is 5.88 Å². The van der Waals surface area contributed by atoms with E-state index in [0.717, 1.165) is 0 Å². The number of nitrogens with zero attached hydrogens (tertiary/aromatic N) is 1. The highest BCUT2D eigenvalue weighted by atomic mass is 19.4. The molecule has 3 nitrogen and oxygen atoms in total. The van der Waals surface area contributed by atoms with E-state index in [9.17, 15) is 31.4 Å². The van der Waals surface area contributed by atoms with Crippen LogP contribution in [0.15, 0.2) is 24.5 Å². The number of aromatic nitrogens is 1. The fourth-order valence-electron chi connectivity index (χ4n) is 4.16. The topological polar surface area (TPSA) is 42.4 Å². The molecule has 1 N–H and O–H groups in total. The Hall–Kier alpha value is -1.93. The average Bonchev–Trinajstić information content (AvgIpc) is 2.48. The lowest BCUT2D eigenvalue weighted by Gasteiger charge is -2.51. The van der Waals surface area contributed by atoms with Gasteiger partial charge in [0.05, 0.1) is 11.3 Å². The van der Waals surface area contributed by atoms with Crippen LogP contribution in [0.25, 0.3) is 0 Å². The number of hydrogen-bond acceptors (Lipinski definition) is 3. The first-order chi connectivity index (χ1) is 12.4. The first-order valence-electron chi connectivity index (χ1n) is 8.64. The summed E-state index contributed by atoms with van der Waals surface area (Å²) in [7, 11) is 0. The molecule has 0 radical (unpaired) electrons. The lowest BCUT2D eigenvalue weighted by Crippen LogP contribution is -2.51. The molecule has 0 atom stereocenters. The molecule has 1 aliphatic carbocycles. The van der Waals surface area contributed by atoms with Crippen LogP contribution in [0.3, 0.4) is 0 Å². The molecule has 0 aliphatic heterocycles. The van der Waals surface area contributed by atoms with Crippen LogP contribution in [0.5, 0.6) is 5.88 Å². The van der Waals surface area contributed by atoms with Crippen molar-refractivity contribution in [2.75, 3.05) is 0 Å². The molecule has 1 aliphatic rings. The van der Waals surface area contributed by atoms with Crippen LogP contribution >= 0.6 is 0 Å². The summed E-state index contributed by atoms with van der Waals surface area (Å²) >= 11 is 0. The van der Waals surface area contributed by atoms with Crippen LogP contribution in [0.4, 0.5) is 26.3 Å². The maximum atomic E-state index is 13.1. The van der Waals surface area contributed by atoms with Gasteiger partial charge < -0.3 is 9.84 Å². The SMILES string of the molecule is C=C(O)C1CC(C)(C)C(Oc2cc(C(F)(F)F)cc(C(F)(F)F)n2)C(C)(C)C1. The summed E-state index contributed by atoms with van der Waals surface area (Å²) in [4.78, 5) is 3.28. The minimum atomic E-state index is -5.04. The molecule has 0 spiro atoms. The fraction of sp³-hybridized carbons (Fsp3) is 0.632. The van der Waals surface area contributed by atoms with Gasteiger partial charge in [0.1, 0.15) is 11.8 Å². The largest absolute Gasteiger partial charge is 0.513 e. The van der Waals surface area contributed by atoms with E-state index in [2.05, 4.69) is 11.6 Å². The number of pyridine rings is 1. The van der Waals surface area contributed by atoms with Gasteiger partial charge in [0.25, 0.3) is 0 Å². The van der Waals surface area contributed by atoms with Crippen LogP contribution in [-0.2, 0) is 12.4 Å². The number of rotatable bonds is 3. The zero-order valence-corrected chi connectivity index (χ0v) is 16.0. The molecular formula is C19H23F6NO2. The number of hydrogen-bond donors (Lipinski definition) is 1. The second kappa shape index (κ2) is 6.84. The molecular weight excluding hydrogens is 388 g/mol.